The maximum atomic E-state index is 12.5. The molecule has 0 atom stereocenters. The predicted octanol–water partition coefficient (Wildman–Crippen LogP) is 3.01. The molecule has 1 rings (SSSR count). The van der Waals surface area contributed by atoms with Gasteiger partial charge in [0.05, 0.1) is 22.8 Å². The summed E-state index contributed by atoms with van der Waals surface area (Å²) in [6.07, 6.45) is -4.78. The Bertz CT molecular complexity index is 505. The van der Waals surface area contributed by atoms with Gasteiger partial charge in [0.1, 0.15) is 0 Å². The van der Waals surface area contributed by atoms with E-state index in [0.717, 1.165) is 6.07 Å². The average Bonchev–Trinajstić information content (AvgIpc) is 2.25. The van der Waals surface area contributed by atoms with Gasteiger partial charge in [-0.25, -0.2) is 4.79 Å². The summed E-state index contributed by atoms with van der Waals surface area (Å²) in [5.41, 5.74) is -2.49. The van der Waals surface area contributed by atoms with Crippen LogP contribution in [0.1, 0.15) is 27.0 Å². The first kappa shape index (κ1) is 13.3. The zero-order valence-corrected chi connectivity index (χ0v) is 8.93. The first-order valence-electron chi connectivity index (χ1n) is 4.24. The molecule has 0 saturated carbocycles. The van der Waals surface area contributed by atoms with Gasteiger partial charge < -0.3 is 5.11 Å². The van der Waals surface area contributed by atoms with Gasteiger partial charge >= 0.3 is 12.1 Å². The van der Waals surface area contributed by atoms with Crippen LogP contribution in [0.25, 0.3) is 0 Å². The quantitative estimate of drug-likeness (QED) is 0.834. The number of nitrogens with zero attached hydrogens (tertiary/aromatic N) is 1. The topological polar surface area (TPSA) is 61.1 Å². The Hall–Kier alpha value is -1.74. The molecule has 0 saturated heterocycles. The summed E-state index contributed by atoms with van der Waals surface area (Å²) in [7, 11) is 0. The second kappa shape index (κ2) is 4.63. The average molecular weight is 264 g/mol. The van der Waals surface area contributed by atoms with Crippen molar-refractivity contribution in [1.29, 1.82) is 5.26 Å². The molecule has 1 aromatic carbocycles. The monoisotopic (exact) mass is 263 g/mol. The van der Waals surface area contributed by atoms with Gasteiger partial charge in [0.2, 0.25) is 0 Å². The zero-order valence-electron chi connectivity index (χ0n) is 8.18. The van der Waals surface area contributed by atoms with Crippen molar-refractivity contribution >= 4 is 17.6 Å². The molecule has 3 nitrogen and oxygen atoms in total. The van der Waals surface area contributed by atoms with Crippen LogP contribution in [-0.4, -0.2) is 11.1 Å². The van der Waals surface area contributed by atoms with E-state index in [1.165, 1.54) is 6.07 Å². The first-order valence-corrected chi connectivity index (χ1v) is 4.78. The van der Waals surface area contributed by atoms with Crippen LogP contribution >= 0.6 is 11.6 Å². The van der Waals surface area contributed by atoms with Gasteiger partial charge in [-0.05, 0) is 17.7 Å². The van der Waals surface area contributed by atoms with Crippen LogP contribution in [0.5, 0.6) is 0 Å². The number of carbonyl (C=O) groups is 1. The Morgan fingerprint density at radius 2 is 2.06 bits per heavy atom. The van der Waals surface area contributed by atoms with Crippen LogP contribution in [-0.2, 0) is 12.1 Å². The lowest BCUT2D eigenvalue weighted by Crippen LogP contribution is -2.12. The summed E-state index contributed by atoms with van der Waals surface area (Å²) in [6.45, 7) is 0. The van der Waals surface area contributed by atoms with E-state index in [9.17, 15) is 18.0 Å². The lowest BCUT2D eigenvalue weighted by atomic mass is 9.99. The van der Waals surface area contributed by atoms with Gasteiger partial charge in [0.15, 0.2) is 0 Å². The number of benzene rings is 1. The highest BCUT2D eigenvalue weighted by molar-refractivity contribution is 6.17. The third-order valence-corrected chi connectivity index (χ3v) is 2.33. The highest BCUT2D eigenvalue weighted by atomic mass is 35.5. The van der Waals surface area contributed by atoms with Crippen molar-refractivity contribution in [1.82, 2.24) is 0 Å². The Morgan fingerprint density at radius 1 is 1.47 bits per heavy atom. The van der Waals surface area contributed by atoms with E-state index in [0.29, 0.717) is 6.07 Å². The number of hydrogen-bond acceptors (Lipinski definition) is 2. The molecule has 17 heavy (non-hydrogen) atoms. The Kier molecular flexibility index (Phi) is 3.63. The normalized spacial score (nSPS) is 11.0. The van der Waals surface area contributed by atoms with Crippen LogP contribution in [0.3, 0.4) is 0 Å². The smallest absolute Gasteiger partial charge is 0.417 e. The maximum absolute atomic E-state index is 12.5. The van der Waals surface area contributed by atoms with Gasteiger partial charge in [-0.15, -0.1) is 11.6 Å². The number of nitriles is 1. The van der Waals surface area contributed by atoms with Crippen molar-refractivity contribution in [2.75, 3.05) is 0 Å². The van der Waals surface area contributed by atoms with Crippen molar-refractivity contribution < 1.29 is 23.1 Å². The highest BCUT2D eigenvalue weighted by Crippen LogP contribution is 2.33. The van der Waals surface area contributed by atoms with E-state index < -0.39 is 28.8 Å². The van der Waals surface area contributed by atoms with Gasteiger partial charge in [0, 0.05) is 5.88 Å². The second-order valence-corrected chi connectivity index (χ2v) is 3.37. The number of hydrogen-bond donors (Lipinski definition) is 1. The number of aromatic carboxylic acids is 1. The predicted molar refractivity (Wildman–Crippen MR) is 52.7 cm³/mol. The van der Waals surface area contributed by atoms with Crippen LogP contribution in [0.15, 0.2) is 12.1 Å². The molecule has 0 aliphatic carbocycles. The van der Waals surface area contributed by atoms with Crippen LogP contribution < -0.4 is 0 Å². The Labute approximate surface area is 99.0 Å². The van der Waals surface area contributed by atoms with E-state index in [-0.39, 0.29) is 11.4 Å². The van der Waals surface area contributed by atoms with E-state index in [4.69, 9.17) is 22.0 Å². The van der Waals surface area contributed by atoms with Crippen LogP contribution in [0.2, 0.25) is 0 Å². The molecule has 0 heterocycles. The summed E-state index contributed by atoms with van der Waals surface area (Å²) in [5.74, 6) is -1.80. The van der Waals surface area contributed by atoms with Gasteiger partial charge in [-0.2, -0.15) is 18.4 Å². The molecule has 0 aliphatic rings. The Morgan fingerprint density at radius 3 is 2.41 bits per heavy atom. The van der Waals surface area contributed by atoms with Crippen molar-refractivity contribution in [2.24, 2.45) is 0 Å². The fourth-order valence-corrected chi connectivity index (χ4v) is 1.50. The lowest BCUT2D eigenvalue weighted by Gasteiger charge is -2.11. The molecule has 1 aromatic rings. The molecule has 7 heteroatoms. The molecular weight excluding hydrogens is 259 g/mol. The van der Waals surface area contributed by atoms with E-state index in [1.807, 2.05) is 0 Å². The van der Waals surface area contributed by atoms with E-state index >= 15 is 0 Å². The SMILES string of the molecule is N#Cc1cc(CCl)c(C(=O)O)cc1C(F)(F)F. The van der Waals surface area contributed by atoms with Gasteiger partial charge in [-0.1, -0.05) is 0 Å². The minimum absolute atomic E-state index is 0.0243. The number of carboxylic acids is 1. The minimum atomic E-state index is -4.78. The molecular formula is C10H5ClF3NO2. The third kappa shape index (κ3) is 2.68. The Balaban J connectivity index is 3.58. The third-order valence-electron chi connectivity index (χ3n) is 2.04. The van der Waals surface area contributed by atoms with Gasteiger partial charge in [-0.3, -0.25) is 0 Å². The summed E-state index contributed by atoms with van der Waals surface area (Å²) >= 11 is 5.42. The minimum Gasteiger partial charge on any atom is -0.478 e. The van der Waals surface area contributed by atoms with Crippen molar-refractivity contribution in [3.05, 3.63) is 34.4 Å². The fourth-order valence-electron chi connectivity index (χ4n) is 1.28. The van der Waals surface area contributed by atoms with Crippen molar-refractivity contribution in [3.8, 4) is 6.07 Å². The summed E-state index contributed by atoms with van der Waals surface area (Å²) < 4.78 is 37.6. The lowest BCUT2D eigenvalue weighted by molar-refractivity contribution is -0.137. The molecule has 0 aliphatic heterocycles. The van der Waals surface area contributed by atoms with Crippen molar-refractivity contribution in [2.45, 2.75) is 12.1 Å². The number of carboxylic acid groups (broad SMARTS) is 1. The molecule has 0 amide bonds. The van der Waals surface area contributed by atoms with Crippen LogP contribution in [0.4, 0.5) is 13.2 Å². The number of rotatable bonds is 2. The number of alkyl halides is 4. The molecule has 0 unspecified atom stereocenters. The maximum Gasteiger partial charge on any atom is 0.417 e. The molecule has 0 fully saturated rings. The molecule has 0 radical (unpaired) electrons. The molecule has 90 valence electrons. The molecule has 0 aromatic heterocycles. The molecule has 0 bridgehead atoms. The molecule has 0 spiro atoms. The fraction of sp³-hybridized carbons (Fsp3) is 0.200. The van der Waals surface area contributed by atoms with E-state index in [2.05, 4.69) is 0 Å². The summed E-state index contributed by atoms with van der Waals surface area (Å²) in [6, 6.07) is 2.65. The van der Waals surface area contributed by atoms with Crippen molar-refractivity contribution in [3.63, 3.8) is 0 Å². The largest absolute Gasteiger partial charge is 0.478 e. The van der Waals surface area contributed by atoms with Gasteiger partial charge in [0.25, 0.3) is 0 Å². The molecule has 1 N–H and O–H groups in total. The summed E-state index contributed by atoms with van der Waals surface area (Å²) in [4.78, 5) is 10.8. The first-order chi connectivity index (χ1) is 7.81. The summed E-state index contributed by atoms with van der Waals surface area (Å²) in [5, 5.41) is 17.3. The highest BCUT2D eigenvalue weighted by Gasteiger charge is 2.35. The standard InChI is InChI=1S/C10H5ClF3NO2/c11-3-5-1-6(4-15)8(10(12,13)14)2-7(5)9(16)17/h1-2H,3H2,(H,16,17). The van der Waals surface area contributed by atoms with Crippen LogP contribution in [0, 0.1) is 11.3 Å². The zero-order chi connectivity index (χ0) is 13.2. The second-order valence-electron chi connectivity index (χ2n) is 3.10. The number of halogens is 4. The van der Waals surface area contributed by atoms with E-state index in [1.54, 1.807) is 0 Å².